The largest absolute Gasteiger partial charge is 0.506 e. The van der Waals surface area contributed by atoms with Crippen molar-refractivity contribution in [3.8, 4) is 11.5 Å². The summed E-state index contributed by atoms with van der Waals surface area (Å²) in [6.45, 7) is 1.77. The molecule has 0 radical (unpaired) electrons. The van der Waals surface area contributed by atoms with E-state index < -0.39 is 0 Å². The maximum atomic E-state index is 11.7. The van der Waals surface area contributed by atoms with Crippen LogP contribution in [0.1, 0.15) is 11.1 Å². The number of carbonyl (C=O) groups is 1. The Kier molecular flexibility index (Phi) is 6.40. The number of hydrazone groups is 1. The normalized spacial score (nSPS) is 10.7. The minimum Gasteiger partial charge on any atom is -0.506 e. The first-order valence-corrected chi connectivity index (χ1v) is 8.53. The molecule has 0 spiro atoms. The third-order valence-corrected chi connectivity index (χ3v) is 4.18. The second-order valence-electron chi connectivity index (χ2n) is 4.67. The molecule has 0 saturated carbocycles. The van der Waals surface area contributed by atoms with Crippen molar-refractivity contribution in [2.24, 2.45) is 5.10 Å². The molecule has 0 unspecified atom stereocenters. The summed E-state index contributed by atoms with van der Waals surface area (Å²) in [6.07, 6.45) is 1.38. The van der Waals surface area contributed by atoms with Crippen LogP contribution in [-0.2, 0) is 4.79 Å². The van der Waals surface area contributed by atoms with Crippen LogP contribution in [0.4, 0.5) is 0 Å². The van der Waals surface area contributed by atoms with Gasteiger partial charge in [-0.2, -0.15) is 5.10 Å². The Hall–Kier alpha value is -1.61. The van der Waals surface area contributed by atoms with Crippen molar-refractivity contribution in [2.45, 2.75) is 6.92 Å². The van der Waals surface area contributed by atoms with Gasteiger partial charge in [-0.25, -0.2) is 5.43 Å². The molecule has 0 aliphatic rings. The molecule has 0 aliphatic heterocycles. The van der Waals surface area contributed by atoms with E-state index in [1.54, 1.807) is 18.2 Å². The lowest BCUT2D eigenvalue weighted by atomic mass is 10.2. The topological polar surface area (TPSA) is 70.9 Å². The summed E-state index contributed by atoms with van der Waals surface area (Å²) in [5.74, 6) is 0.391. The predicted octanol–water partition coefficient (Wildman–Crippen LogP) is 3.60. The Morgan fingerprint density at radius 3 is 2.91 bits per heavy atom. The van der Waals surface area contributed by atoms with Crippen LogP contribution in [-0.4, -0.2) is 23.8 Å². The molecule has 5 nitrogen and oxygen atoms in total. The third-order valence-electron chi connectivity index (χ3n) is 2.90. The number of hydrogen-bond donors (Lipinski definition) is 2. The number of para-hydroxylation sites is 1. The summed E-state index contributed by atoms with van der Waals surface area (Å²) >= 11 is 5.36. The first kappa shape index (κ1) is 17.7. The van der Waals surface area contributed by atoms with Gasteiger partial charge in [0.25, 0.3) is 5.91 Å². The number of nitrogens with one attached hydrogen (secondary N) is 1. The van der Waals surface area contributed by atoms with E-state index in [1.807, 2.05) is 47.7 Å². The van der Waals surface area contributed by atoms with Gasteiger partial charge in [0.05, 0.1) is 9.78 Å². The second kappa shape index (κ2) is 8.30. The summed E-state index contributed by atoms with van der Waals surface area (Å²) in [7, 11) is 0. The number of nitrogens with zero attached hydrogens (tertiary/aromatic N) is 1. The van der Waals surface area contributed by atoms with Crippen LogP contribution in [0, 0.1) is 10.5 Å². The molecule has 120 valence electrons. The Labute approximate surface area is 156 Å². The molecule has 0 heterocycles. The maximum Gasteiger partial charge on any atom is 0.277 e. The minimum absolute atomic E-state index is 0.114. The lowest BCUT2D eigenvalue weighted by Gasteiger charge is -2.07. The number of aryl methyl sites for hydroxylation is 1. The number of halogens is 2. The fourth-order valence-corrected chi connectivity index (χ4v) is 3.30. The SMILES string of the molecule is Cc1ccccc1OCC(=O)N/N=C/c1cc(Br)cc(I)c1O. The van der Waals surface area contributed by atoms with Gasteiger partial charge in [0, 0.05) is 10.0 Å². The number of phenols is 1. The number of rotatable bonds is 5. The highest BCUT2D eigenvalue weighted by Crippen LogP contribution is 2.27. The van der Waals surface area contributed by atoms with Crippen LogP contribution >= 0.6 is 38.5 Å². The van der Waals surface area contributed by atoms with E-state index in [1.165, 1.54) is 6.21 Å². The van der Waals surface area contributed by atoms with Crippen molar-refractivity contribution in [1.82, 2.24) is 5.43 Å². The molecule has 23 heavy (non-hydrogen) atoms. The average Bonchev–Trinajstić information content (AvgIpc) is 2.51. The van der Waals surface area contributed by atoms with Crippen LogP contribution in [0.25, 0.3) is 0 Å². The molecule has 0 atom stereocenters. The first-order chi connectivity index (χ1) is 11.0. The maximum absolute atomic E-state index is 11.7. The Morgan fingerprint density at radius 1 is 1.43 bits per heavy atom. The average molecular weight is 489 g/mol. The minimum atomic E-state index is -0.381. The van der Waals surface area contributed by atoms with E-state index in [9.17, 15) is 9.90 Å². The van der Waals surface area contributed by atoms with Crippen molar-refractivity contribution in [2.75, 3.05) is 6.61 Å². The molecule has 0 fully saturated rings. The molecule has 1 amide bonds. The van der Waals surface area contributed by atoms with Crippen molar-refractivity contribution in [3.63, 3.8) is 0 Å². The van der Waals surface area contributed by atoms with E-state index >= 15 is 0 Å². The molecule has 2 N–H and O–H groups in total. The van der Waals surface area contributed by atoms with Crippen molar-refractivity contribution < 1.29 is 14.6 Å². The van der Waals surface area contributed by atoms with Gasteiger partial charge in [-0.1, -0.05) is 34.1 Å². The number of carbonyl (C=O) groups excluding carboxylic acids is 1. The van der Waals surface area contributed by atoms with Crippen LogP contribution in [0.15, 0.2) is 46.0 Å². The van der Waals surface area contributed by atoms with Crippen molar-refractivity contribution in [1.29, 1.82) is 0 Å². The summed E-state index contributed by atoms with van der Waals surface area (Å²) in [4.78, 5) is 11.7. The van der Waals surface area contributed by atoms with E-state index in [2.05, 4.69) is 26.5 Å². The number of hydrogen-bond acceptors (Lipinski definition) is 4. The first-order valence-electron chi connectivity index (χ1n) is 6.65. The van der Waals surface area contributed by atoms with Gasteiger partial charge >= 0.3 is 0 Å². The van der Waals surface area contributed by atoms with Gasteiger partial charge in [0.1, 0.15) is 11.5 Å². The highest BCUT2D eigenvalue weighted by atomic mass is 127. The summed E-state index contributed by atoms with van der Waals surface area (Å²) in [5, 5.41) is 13.7. The number of ether oxygens (including phenoxy) is 1. The highest BCUT2D eigenvalue weighted by molar-refractivity contribution is 14.1. The number of benzene rings is 2. The monoisotopic (exact) mass is 488 g/mol. The van der Waals surface area contributed by atoms with E-state index in [4.69, 9.17) is 4.74 Å². The van der Waals surface area contributed by atoms with Crippen molar-refractivity contribution in [3.05, 3.63) is 55.6 Å². The lowest BCUT2D eigenvalue weighted by Crippen LogP contribution is -2.24. The molecular weight excluding hydrogens is 475 g/mol. The van der Waals surface area contributed by atoms with Gasteiger partial charge in [-0.15, -0.1) is 0 Å². The quantitative estimate of drug-likeness (QED) is 0.384. The third kappa shape index (κ3) is 5.21. The molecule has 2 rings (SSSR count). The highest BCUT2D eigenvalue weighted by Gasteiger charge is 2.06. The number of amides is 1. The fraction of sp³-hybridized carbons (Fsp3) is 0.125. The number of aromatic hydroxyl groups is 1. The van der Waals surface area contributed by atoms with Crippen LogP contribution in [0.2, 0.25) is 0 Å². The van der Waals surface area contributed by atoms with E-state index in [0.717, 1.165) is 10.0 Å². The smallest absolute Gasteiger partial charge is 0.277 e. The van der Waals surface area contributed by atoms with E-state index in [0.29, 0.717) is 14.9 Å². The second-order valence-corrected chi connectivity index (χ2v) is 6.75. The van der Waals surface area contributed by atoms with Crippen LogP contribution in [0.3, 0.4) is 0 Å². The summed E-state index contributed by atoms with van der Waals surface area (Å²) in [5.41, 5.74) is 3.82. The number of phenolic OH excluding ortho intramolecular Hbond substituents is 1. The molecule has 2 aromatic rings. The van der Waals surface area contributed by atoms with Gasteiger partial charge in [0.15, 0.2) is 6.61 Å². The lowest BCUT2D eigenvalue weighted by molar-refractivity contribution is -0.123. The molecule has 7 heteroatoms. The fourth-order valence-electron chi connectivity index (χ4n) is 1.75. The van der Waals surface area contributed by atoms with E-state index in [-0.39, 0.29) is 18.3 Å². The zero-order chi connectivity index (χ0) is 16.8. The van der Waals surface area contributed by atoms with Crippen LogP contribution in [0.5, 0.6) is 11.5 Å². The van der Waals surface area contributed by atoms with Gasteiger partial charge in [0.2, 0.25) is 0 Å². The zero-order valence-electron chi connectivity index (χ0n) is 12.2. The Bertz CT molecular complexity index is 750. The Morgan fingerprint density at radius 2 is 2.17 bits per heavy atom. The molecule has 2 aromatic carbocycles. The van der Waals surface area contributed by atoms with Gasteiger partial charge in [-0.05, 0) is 53.3 Å². The predicted molar refractivity (Wildman–Crippen MR) is 101 cm³/mol. The van der Waals surface area contributed by atoms with Gasteiger partial charge in [-0.3, -0.25) is 4.79 Å². The molecule has 0 bridgehead atoms. The van der Waals surface area contributed by atoms with Crippen LogP contribution < -0.4 is 10.2 Å². The summed E-state index contributed by atoms with van der Waals surface area (Å²) < 4.78 is 6.92. The molecule has 0 aromatic heterocycles. The molecule has 0 aliphatic carbocycles. The molecular formula is C16H14BrIN2O3. The Balaban J connectivity index is 1.91. The molecule has 0 saturated heterocycles. The van der Waals surface area contributed by atoms with Gasteiger partial charge < -0.3 is 9.84 Å². The summed E-state index contributed by atoms with van der Waals surface area (Å²) in [6, 6.07) is 10.9. The zero-order valence-corrected chi connectivity index (χ0v) is 16.0. The standard InChI is InChI=1S/C16H14BrIN2O3/c1-10-4-2-3-5-14(10)23-9-15(21)20-19-8-11-6-12(17)7-13(18)16(11)22/h2-8,22H,9H2,1H3,(H,20,21)/b19-8+. The van der Waals surface area contributed by atoms with Crippen molar-refractivity contribution >= 4 is 50.6 Å².